The molecule has 130 valence electrons. The molecule has 1 atom stereocenters. The molecule has 1 fully saturated rings. The summed E-state index contributed by atoms with van der Waals surface area (Å²) in [6, 6.07) is 20.3. The fourth-order valence-corrected chi connectivity index (χ4v) is 4.17. The van der Waals surface area contributed by atoms with Gasteiger partial charge in [-0.1, -0.05) is 42.0 Å². The Morgan fingerprint density at radius 3 is 2.58 bits per heavy atom. The van der Waals surface area contributed by atoms with Crippen LogP contribution in [0.15, 0.2) is 54.6 Å². The lowest BCUT2D eigenvalue weighted by Crippen LogP contribution is -2.18. The lowest BCUT2D eigenvalue weighted by molar-refractivity contribution is 0.307. The predicted octanol–water partition coefficient (Wildman–Crippen LogP) is 5.46. The summed E-state index contributed by atoms with van der Waals surface area (Å²) in [5.74, 6) is 1.10. The van der Waals surface area contributed by atoms with E-state index in [9.17, 15) is 0 Å². The van der Waals surface area contributed by atoms with E-state index in [1.54, 1.807) is 0 Å². The van der Waals surface area contributed by atoms with Crippen LogP contribution in [0.25, 0.3) is 32.9 Å². The molecule has 0 spiro atoms. The standard InChI is InChI=1S/C23H23N3/c1-15-5-6-17-13-18(8-7-16(17)12-15)19-9-10-20-21(14-19)25-23(24-20)22-4-3-11-26(22)2/h5-10,12-14,22H,3-4,11H2,1-2H3,(H,24,25). The van der Waals surface area contributed by atoms with E-state index < -0.39 is 0 Å². The Bertz CT molecular complexity index is 1110. The van der Waals surface area contributed by atoms with Crippen LogP contribution in [0.5, 0.6) is 0 Å². The van der Waals surface area contributed by atoms with E-state index >= 15 is 0 Å². The average molecular weight is 341 g/mol. The SMILES string of the molecule is Cc1ccc2cc(-c3ccc4nc(C5CCCN5C)[nH]c4c3)ccc2c1. The highest BCUT2D eigenvalue weighted by atomic mass is 15.2. The largest absolute Gasteiger partial charge is 0.341 e. The van der Waals surface area contributed by atoms with Crippen LogP contribution in [0.2, 0.25) is 0 Å². The van der Waals surface area contributed by atoms with Gasteiger partial charge in [0.05, 0.1) is 17.1 Å². The van der Waals surface area contributed by atoms with Crippen molar-refractivity contribution in [2.45, 2.75) is 25.8 Å². The number of H-pyrrole nitrogens is 1. The summed E-state index contributed by atoms with van der Waals surface area (Å²) < 4.78 is 0. The first kappa shape index (κ1) is 15.6. The molecule has 0 saturated carbocycles. The zero-order chi connectivity index (χ0) is 17.7. The summed E-state index contributed by atoms with van der Waals surface area (Å²) in [5, 5.41) is 2.58. The number of rotatable bonds is 2. The molecule has 3 heteroatoms. The van der Waals surface area contributed by atoms with E-state index in [2.05, 4.69) is 78.5 Å². The normalized spacial score (nSPS) is 18.2. The Labute approximate surface area is 153 Å². The molecule has 0 bridgehead atoms. The number of hydrogen-bond acceptors (Lipinski definition) is 2. The first-order chi connectivity index (χ1) is 12.7. The topological polar surface area (TPSA) is 31.9 Å². The van der Waals surface area contributed by atoms with Gasteiger partial charge in [0, 0.05) is 0 Å². The number of aromatic nitrogens is 2. The van der Waals surface area contributed by atoms with E-state index in [0.717, 1.165) is 23.4 Å². The van der Waals surface area contributed by atoms with E-state index in [0.29, 0.717) is 6.04 Å². The fourth-order valence-electron chi connectivity index (χ4n) is 4.17. The van der Waals surface area contributed by atoms with Crippen molar-refractivity contribution < 1.29 is 0 Å². The molecule has 2 heterocycles. The van der Waals surface area contributed by atoms with Crippen molar-refractivity contribution in [2.75, 3.05) is 13.6 Å². The van der Waals surface area contributed by atoms with Crippen LogP contribution >= 0.6 is 0 Å². The molecule has 1 N–H and O–H groups in total. The lowest BCUT2D eigenvalue weighted by Gasteiger charge is -2.16. The van der Waals surface area contributed by atoms with E-state index in [1.165, 1.54) is 40.3 Å². The van der Waals surface area contributed by atoms with Gasteiger partial charge in [-0.2, -0.15) is 0 Å². The number of aryl methyl sites for hydroxylation is 1. The molecule has 1 unspecified atom stereocenters. The van der Waals surface area contributed by atoms with Crippen LogP contribution in [-0.4, -0.2) is 28.5 Å². The highest BCUT2D eigenvalue weighted by molar-refractivity contribution is 5.89. The van der Waals surface area contributed by atoms with Crippen molar-refractivity contribution in [3.05, 3.63) is 66.0 Å². The van der Waals surface area contributed by atoms with Gasteiger partial charge in [-0.05, 0) is 73.5 Å². The van der Waals surface area contributed by atoms with Crippen molar-refractivity contribution in [1.29, 1.82) is 0 Å². The van der Waals surface area contributed by atoms with Gasteiger partial charge in [0.15, 0.2) is 0 Å². The minimum absolute atomic E-state index is 0.426. The summed E-state index contributed by atoms with van der Waals surface area (Å²) in [6.45, 7) is 3.29. The number of aromatic amines is 1. The first-order valence-corrected chi connectivity index (χ1v) is 9.38. The number of hydrogen-bond donors (Lipinski definition) is 1. The van der Waals surface area contributed by atoms with Gasteiger partial charge in [0.25, 0.3) is 0 Å². The van der Waals surface area contributed by atoms with Gasteiger partial charge < -0.3 is 4.98 Å². The van der Waals surface area contributed by atoms with Gasteiger partial charge in [-0.3, -0.25) is 4.90 Å². The lowest BCUT2D eigenvalue weighted by atomic mass is 10.00. The van der Waals surface area contributed by atoms with Crippen molar-refractivity contribution in [2.24, 2.45) is 0 Å². The van der Waals surface area contributed by atoms with E-state index in [1.807, 2.05) is 0 Å². The monoisotopic (exact) mass is 341 g/mol. The molecule has 0 amide bonds. The molecule has 26 heavy (non-hydrogen) atoms. The van der Waals surface area contributed by atoms with Crippen LogP contribution in [-0.2, 0) is 0 Å². The van der Waals surface area contributed by atoms with Crippen molar-refractivity contribution in [3.8, 4) is 11.1 Å². The molecule has 1 aromatic heterocycles. The zero-order valence-corrected chi connectivity index (χ0v) is 15.3. The summed E-state index contributed by atoms with van der Waals surface area (Å²) in [4.78, 5) is 10.8. The molecule has 1 aliphatic rings. The number of imidazole rings is 1. The zero-order valence-electron chi connectivity index (χ0n) is 15.3. The smallest absolute Gasteiger partial charge is 0.124 e. The second kappa shape index (κ2) is 5.96. The van der Waals surface area contributed by atoms with Gasteiger partial charge >= 0.3 is 0 Å². The van der Waals surface area contributed by atoms with Crippen molar-refractivity contribution in [1.82, 2.24) is 14.9 Å². The second-order valence-corrected chi connectivity index (χ2v) is 7.56. The predicted molar refractivity (Wildman–Crippen MR) is 108 cm³/mol. The highest BCUT2D eigenvalue weighted by Gasteiger charge is 2.25. The number of likely N-dealkylation sites (tertiary alicyclic amines) is 1. The Morgan fingerprint density at radius 1 is 0.962 bits per heavy atom. The molecule has 1 saturated heterocycles. The maximum absolute atomic E-state index is 4.84. The second-order valence-electron chi connectivity index (χ2n) is 7.56. The number of nitrogens with zero attached hydrogens (tertiary/aromatic N) is 2. The Morgan fingerprint density at radius 2 is 1.73 bits per heavy atom. The quantitative estimate of drug-likeness (QED) is 0.525. The minimum atomic E-state index is 0.426. The molecule has 4 aromatic rings. The Balaban J connectivity index is 1.55. The third-order valence-electron chi connectivity index (χ3n) is 5.67. The van der Waals surface area contributed by atoms with Crippen LogP contribution in [0.4, 0.5) is 0 Å². The summed E-state index contributed by atoms with van der Waals surface area (Å²) in [7, 11) is 2.19. The number of benzene rings is 3. The van der Waals surface area contributed by atoms with Gasteiger partial charge in [0.1, 0.15) is 5.82 Å². The van der Waals surface area contributed by atoms with Gasteiger partial charge in [-0.15, -0.1) is 0 Å². The third-order valence-corrected chi connectivity index (χ3v) is 5.67. The molecule has 3 nitrogen and oxygen atoms in total. The molecule has 0 radical (unpaired) electrons. The molecule has 1 aliphatic heterocycles. The average Bonchev–Trinajstić information content (AvgIpc) is 3.26. The highest BCUT2D eigenvalue weighted by Crippen LogP contribution is 2.31. The maximum Gasteiger partial charge on any atom is 0.124 e. The minimum Gasteiger partial charge on any atom is -0.341 e. The Kier molecular flexibility index (Phi) is 3.57. The van der Waals surface area contributed by atoms with Crippen LogP contribution < -0.4 is 0 Å². The first-order valence-electron chi connectivity index (χ1n) is 9.38. The van der Waals surface area contributed by atoms with Crippen LogP contribution in [0.3, 0.4) is 0 Å². The molecule has 0 aliphatic carbocycles. The summed E-state index contributed by atoms with van der Waals surface area (Å²) >= 11 is 0. The maximum atomic E-state index is 4.84. The summed E-state index contributed by atoms with van der Waals surface area (Å²) in [5.41, 5.74) is 5.96. The van der Waals surface area contributed by atoms with E-state index in [4.69, 9.17) is 4.98 Å². The number of fused-ring (bicyclic) bond motifs is 2. The van der Waals surface area contributed by atoms with Crippen molar-refractivity contribution >= 4 is 21.8 Å². The molecule has 5 rings (SSSR count). The van der Waals surface area contributed by atoms with Gasteiger partial charge in [-0.25, -0.2) is 4.98 Å². The number of nitrogens with one attached hydrogen (secondary N) is 1. The Hall–Kier alpha value is -2.65. The molecule has 3 aromatic carbocycles. The van der Waals surface area contributed by atoms with E-state index in [-0.39, 0.29) is 0 Å². The van der Waals surface area contributed by atoms with Crippen LogP contribution in [0.1, 0.15) is 30.3 Å². The summed E-state index contributed by atoms with van der Waals surface area (Å²) in [6.07, 6.45) is 2.44. The fraction of sp³-hybridized carbons (Fsp3) is 0.261. The third kappa shape index (κ3) is 2.60. The van der Waals surface area contributed by atoms with Gasteiger partial charge in [0.2, 0.25) is 0 Å². The molecular weight excluding hydrogens is 318 g/mol. The van der Waals surface area contributed by atoms with Crippen molar-refractivity contribution in [3.63, 3.8) is 0 Å². The van der Waals surface area contributed by atoms with Crippen LogP contribution in [0, 0.1) is 6.92 Å². The molecular formula is C23H23N3.